The molecule has 0 unspecified atom stereocenters. The van der Waals surface area contributed by atoms with Gasteiger partial charge in [-0.3, -0.25) is 20.4 Å². The second-order valence-electron chi connectivity index (χ2n) is 6.75. The van der Waals surface area contributed by atoms with Crippen molar-refractivity contribution in [3.05, 3.63) is 65.7 Å². The number of hydrogen-bond acceptors (Lipinski definition) is 4. The summed E-state index contributed by atoms with van der Waals surface area (Å²) in [5, 5.41) is 0. The van der Waals surface area contributed by atoms with Crippen molar-refractivity contribution >= 4 is 21.8 Å². The molecule has 28 heavy (non-hydrogen) atoms. The minimum Gasteiger partial charge on any atom is -0.273 e. The summed E-state index contributed by atoms with van der Waals surface area (Å²) in [5.74, 6) is -1.03. The van der Waals surface area contributed by atoms with E-state index >= 15 is 0 Å². The molecule has 1 fully saturated rings. The maximum Gasteiger partial charge on any atom is 0.269 e. The molecule has 148 valence electrons. The number of aryl methyl sites for hydroxylation is 1. The summed E-state index contributed by atoms with van der Waals surface area (Å²) in [4.78, 5) is 24.8. The molecular formula is C20H23N3O4S. The SMILES string of the molecule is Cc1ccccc1C(=O)NNC(=O)C1CCN(S(=O)(=O)c2ccccc2)CC1. The van der Waals surface area contributed by atoms with Crippen molar-refractivity contribution in [2.24, 2.45) is 5.92 Å². The van der Waals surface area contributed by atoms with Gasteiger partial charge in [0.05, 0.1) is 4.90 Å². The topological polar surface area (TPSA) is 95.6 Å². The number of hydrazine groups is 1. The quantitative estimate of drug-likeness (QED) is 0.765. The van der Waals surface area contributed by atoms with E-state index in [1.807, 2.05) is 19.1 Å². The van der Waals surface area contributed by atoms with Gasteiger partial charge in [-0.1, -0.05) is 36.4 Å². The molecule has 2 amide bonds. The smallest absolute Gasteiger partial charge is 0.269 e. The molecule has 1 aliphatic rings. The van der Waals surface area contributed by atoms with E-state index in [1.54, 1.807) is 42.5 Å². The first-order valence-electron chi connectivity index (χ1n) is 9.10. The highest BCUT2D eigenvalue weighted by Crippen LogP contribution is 2.23. The van der Waals surface area contributed by atoms with Crippen molar-refractivity contribution in [1.29, 1.82) is 0 Å². The van der Waals surface area contributed by atoms with E-state index < -0.39 is 10.0 Å². The first-order chi connectivity index (χ1) is 13.4. The lowest BCUT2D eigenvalue weighted by Gasteiger charge is -2.30. The van der Waals surface area contributed by atoms with E-state index in [-0.39, 0.29) is 35.7 Å². The number of amides is 2. The monoisotopic (exact) mass is 401 g/mol. The van der Waals surface area contributed by atoms with Gasteiger partial charge in [-0.2, -0.15) is 4.31 Å². The Kier molecular flexibility index (Phi) is 6.11. The molecule has 0 bridgehead atoms. The molecule has 0 atom stereocenters. The highest BCUT2D eigenvalue weighted by atomic mass is 32.2. The fourth-order valence-corrected chi connectivity index (χ4v) is 4.71. The Balaban J connectivity index is 1.53. The van der Waals surface area contributed by atoms with E-state index in [0.29, 0.717) is 18.4 Å². The van der Waals surface area contributed by atoms with Crippen LogP contribution >= 0.6 is 0 Å². The second-order valence-corrected chi connectivity index (χ2v) is 8.69. The van der Waals surface area contributed by atoms with Crippen molar-refractivity contribution in [3.63, 3.8) is 0 Å². The number of nitrogens with one attached hydrogen (secondary N) is 2. The van der Waals surface area contributed by atoms with Gasteiger partial charge in [-0.05, 0) is 43.5 Å². The molecule has 1 saturated heterocycles. The maximum absolute atomic E-state index is 12.6. The van der Waals surface area contributed by atoms with E-state index in [4.69, 9.17) is 0 Å². The third-order valence-electron chi connectivity index (χ3n) is 4.89. The van der Waals surface area contributed by atoms with Crippen molar-refractivity contribution in [2.75, 3.05) is 13.1 Å². The lowest BCUT2D eigenvalue weighted by atomic mass is 9.97. The van der Waals surface area contributed by atoms with Gasteiger partial charge in [-0.25, -0.2) is 8.42 Å². The molecule has 1 aliphatic heterocycles. The number of rotatable bonds is 4. The van der Waals surface area contributed by atoms with Crippen LogP contribution in [0.15, 0.2) is 59.5 Å². The average molecular weight is 401 g/mol. The van der Waals surface area contributed by atoms with E-state index in [0.717, 1.165) is 5.56 Å². The van der Waals surface area contributed by atoms with Gasteiger partial charge >= 0.3 is 0 Å². The summed E-state index contributed by atoms with van der Waals surface area (Å²) in [6, 6.07) is 15.4. The standard InChI is InChI=1S/C20H23N3O4S/c1-15-7-5-6-10-18(15)20(25)22-21-19(24)16-11-13-23(14-12-16)28(26,27)17-8-3-2-4-9-17/h2-10,16H,11-14H2,1H3,(H,21,24)(H,22,25). The van der Waals surface area contributed by atoms with Crippen LogP contribution in [0.1, 0.15) is 28.8 Å². The number of sulfonamides is 1. The summed E-state index contributed by atoms with van der Waals surface area (Å²) < 4.78 is 26.7. The van der Waals surface area contributed by atoms with E-state index in [9.17, 15) is 18.0 Å². The zero-order valence-electron chi connectivity index (χ0n) is 15.6. The van der Waals surface area contributed by atoms with E-state index in [1.165, 1.54) is 4.31 Å². The molecule has 0 aliphatic carbocycles. The molecule has 7 nitrogen and oxygen atoms in total. The molecule has 1 heterocycles. The van der Waals surface area contributed by atoms with Crippen LogP contribution in [0.5, 0.6) is 0 Å². The summed E-state index contributed by atoms with van der Waals surface area (Å²) in [7, 11) is -3.55. The number of benzene rings is 2. The molecule has 2 aromatic carbocycles. The molecule has 0 saturated carbocycles. The fourth-order valence-electron chi connectivity index (χ4n) is 3.22. The zero-order chi connectivity index (χ0) is 20.1. The first-order valence-corrected chi connectivity index (χ1v) is 10.5. The third kappa shape index (κ3) is 4.40. The molecule has 0 radical (unpaired) electrons. The van der Waals surface area contributed by atoms with Crippen LogP contribution < -0.4 is 10.9 Å². The Morgan fingerprint density at radius 2 is 1.54 bits per heavy atom. The first kappa shape index (κ1) is 20.0. The largest absolute Gasteiger partial charge is 0.273 e. The van der Waals surface area contributed by atoms with Crippen LogP contribution in [0.25, 0.3) is 0 Å². The number of nitrogens with zero attached hydrogens (tertiary/aromatic N) is 1. The molecule has 3 rings (SSSR count). The van der Waals surface area contributed by atoms with Gasteiger partial charge in [0.1, 0.15) is 0 Å². The Labute approximate surface area is 164 Å². The second kappa shape index (κ2) is 8.53. The van der Waals surface area contributed by atoms with Crippen LogP contribution in [-0.2, 0) is 14.8 Å². The lowest BCUT2D eigenvalue weighted by molar-refractivity contribution is -0.126. The molecule has 8 heteroatoms. The Morgan fingerprint density at radius 3 is 2.18 bits per heavy atom. The predicted molar refractivity (Wildman–Crippen MR) is 105 cm³/mol. The molecule has 2 N–H and O–H groups in total. The lowest BCUT2D eigenvalue weighted by Crippen LogP contribution is -2.48. The van der Waals surface area contributed by atoms with Gasteiger partial charge in [0, 0.05) is 24.6 Å². The normalized spacial score (nSPS) is 15.8. The van der Waals surface area contributed by atoms with Gasteiger partial charge < -0.3 is 0 Å². The summed E-state index contributed by atoms with van der Waals surface area (Å²) in [5.41, 5.74) is 6.20. The van der Waals surface area contributed by atoms with Crippen LogP contribution in [0, 0.1) is 12.8 Å². The molecule has 0 aromatic heterocycles. The molecular weight excluding hydrogens is 378 g/mol. The van der Waals surface area contributed by atoms with Crippen LogP contribution in [-0.4, -0.2) is 37.6 Å². The number of hydrogen-bond donors (Lipinski definition) is 2. The van der Waals surface area contributed by atoms with Gasteiger partial charge in [-0.15, -0.1) is 0 Å². The Hall–Kier alpha value is -2.71. The highest BCUT2D eigenvalue weighted by molar-refractivity contribution is 7.89. The van der Waals surface area contributed by atoms with Crippen LogP contribution in [0.4, 0.5) is 0 Å². The average Bonchev–Trinajstić information content (AvgIpc) is 2.73. The minimum absolute atomic E-state index is 0.253. The highest BCUT2D eigenvalue weighted by Gasteiger charge is 2.32. The molecule has 0 spiro atoms. The van der Waals surface area contributed by atoms with Crippen molar-refractivity contribution in [1.82, 2.24) is 15.2 Å². The van der Waals surface area contributed by atoms with Gasteiger partial charge in [0.15, 0.2) is 0 Å². The summed E-state index contributed by atoms with van der Waals surface area (Å²) in [6.45, 7) is 2.35. The predicted octanol–water partition coefficient (Wildman–Crippen LogP) is 1.86. The van der Waals surface area contributed by atoms with Crippen LogP contribution in [0.2, 0.25) is 0 Å². The van der Waals surface area contributed by atoms with Gasteiger partial charge in [0.25, 0.3) is 5.91 Å². The maximum atomic E-state index is 12.6. The molecule has 2 aromatic rings. The van der Waals surface area contributed by atoms with Crippen molar-refractivity contribution in [3.8, 4) is 0 Å². The summed E-state index contributed by atoms with van der Waals surface area (Å²) >= 11 is 0. The Bertz CT molecular complexity index is 952. The number of carbonyl (C=O) groups is 2. The number of carbonyl (C=O) groups excluding carboxylic acids is 2. The van der Waals surface area contributed by atoms with Crippen LogP contribution in [0.3, 0.4) is 0 Å². The number of piperidine rings is 1. The zero-order valence-corrected chi connectivity index (χ0v) is 16.4. The van der Waals surface area contributed by atoms with Crippen molar-refractivity contribution in [2.45, 2.75) is 24.7 Å². The summed E-state index contributed by atoms with van der Waals surface area (Å²) in [6.07, 6.45) is 0.802. The minimum atomic E-state index is -3.55. The third-order valence-corrected chi connectivity index (χ3v) is 6.81. The van der Waals surface area contributed by atoms with Crippen molar-refractivity contribution < 1.29 is 18.0 Å². The Morgan fingerprint density at radius 1 is 0.929 bits per heavy atom. The van der Waals surface area contributed by atoms with Gasteiger partial charge in [0.2, 0.25) is 15.9 Å². The fraction of sp³-hybridized carbons (Fsp3) is 0.300. The van der Waals surface area contributed by atoms with E-state index in [2.05, 4.69) is 10.9 Å².